The van der Waals surface area contributed by atoms with Crippen molar-refractivity contribution in [3.8, 4) is 5.75 Å². The maximum absolute atomic E-state index is 14.8. The minimum Gasteiger partial charge on any atom is -0.491 e. The van der Waals surface area contributed by atoms with E-state index in [1.807, 2.05) is 37.4 Å². The number of anilines is 2. The molecule has 1 saturated heterocycles. The fraction of sp³-hybridized carbons (Fsp3) is 0.286. The Morgan fingerprint density at radius 1 is 1.27 bits per heavy atom. The molecule has 1 aromatic carbocycles. The van der Waals surface area contributed by atoms with E-state index in [4.69, 9.17) is 15.2 Å². The third-order valence-electron chi connectivity index (χ3n) is 5.30. The van der Waals surface area contributed by atoms with Crippen LogP contribution in [0, 0.1) is 0 Å². The summed E-state index contributed by atoms with van der Waals surface area (Å²) >= 11 is 0. The largest absolute Gasteiger partial charge is 0.491 e. The number of hydrogen-bond donors (Lipinski definition) is 2. The van der Waals surface area contributed by atoms with Gasteiger partial charge in [0.15, 0.2) is 6.23 Å². The molecule has 1 aliphatic heterocycles. The lowest BCUT2D eigenvalue weighted by Crippen LogP contribution is -2.19. The van der Waals surface area contributed by atoms with E-state index in [1.165, 1.54) is 6.33 Å². The van der Waals surface area contributed by atoms with Crippen LogP contribution in [0.2, 0.25) is 0 Å². The molecule has 0 bridgehead atoms. The van der Waals surface area contributed by atoms with Gasteiger partial charge in [-0.1, -0.05) is 0 Å². The average Bonchev–Trinajstić information content (AvgIpc) is 3.35. The van der Waals surface area contributed by atoms with Crippen molar-refractivity contribution in [3.05, 3.63) is 48.9 Å². The Labute approximate surface area is 171 Å². The van der Waals surface area contributed by atoms with Crippen molar-refractivity contribution < 1.29 is 13.9 Å². The molecule has 4 heterocycles. The minimum atomic E-state index is -1.18. The van der Waals surface area contributed by atoms with Crippen LogP contribution in [-0.4, -0.2) is 45.4 Å². The van der Waals surface area contributed by atoms with Crippen LogP contribution in [0.4, 0.5) is 16.0 Å². The van der Waals surface area contributed by atoms with Crippen LogP contribution in [0.25, 0.3) is 21.9 Å². The molecule has 0 saturated carbocycles. The van der Waals surface area contributed by atoms with Gasteiger partial charge in [-0.15, -0.1) is 0 Å². The molecule has 0 aliphatic carbocycles. The van der Waals surface area contributed by atoms with Crippen LogP contribution < -0.4 is 15.8 Å². The molecule has 154 valence electrons. The molecule has 0 radical (unpaired) electrons. The van der Waals surface area contributed by atoms with Crippen molar-refractivity contribution in [1.82, 2.24) is 19.5 Å². The van der Waals surface area contributed by atoms with Gasteiger partial charge in [-0.05, 0) is 30.3 Å². The molecule has 3 N–H and O–H groups in total. The van der Waals surface area contributed by atoms with Gasteiger partial charge in [-0.25, -0.2) is 19.3 Å². The van der Waals surface area contributed by atoms with Gasteiger partial charge in [0.25, 0.3) is 0 Å². The molecule has 1 aliphatic rings. The van der Waals surface area contributed by atoms with E-state index in [9.17, 15) is 4.39 Å². The molecule has 0 spiro atoms. The molecule has 4 aromatic rings. The monoisotopic (exact) mass is 408 g/mol. The number of hydrogen-bond acceptors (Lipinski definition) is 7. The summed E-state index contributed by atoms with van der Waals surface area (Å²) in [4.78, 5) is 12.7. The number of alkyl halides is 1. The first-order valence-electron chi connectivity index (χ1n) is 9.70. The first-order valence-corrected chi connectivity index (χ1v) is 9.70. The normalized spacial score (nSPS) is 21.3. The molecule has 8 nitrogen and oxygen atoms in total. The van der Waals surface area contributed by atoms with Gasteiger partial charge in [-0.3, -0.25) is 0 Å². The highest BCUT2D eigenvalue weighted by Gasteiger charge is 2.37. The molecule has 0 unspecified atom stereocenters. The fourth-order valence-corrected chi connectivity index (χ4v) is 3.76. The highest BCUT2D eigenvalue weighted by Crippen LogP contribution is 2.34. The lowest BCUT2D eigenvalue weighted by molar-refractivity contribution is -0.0310. The summed E-state index contributed by atoms with van der Waals surface area (Å²) < 4.78 is 28.3. The van der Waals surface area contributed by atoms with Crippen LogP contribution >= 0.6 is 0 Å². The van der Waals surface area contributed by atoms with Gasteiger partial charge in [0.2, 0.25) is 0 Å². The van der Waals surface area contributed by atoms with Gasteiger partial charge < -0.3 is 25.1 Å². The molecule has 3 atom stereocenters. The zero-order valence-corrected chi connectivity index (χ0v) is 16.3. The third kappa shape index (κ3) is 3.26. The summed E-state index contributed by atoms with van der Waals surface area (Å²) in [5.41, 5.74) is 7.25. The number of pyridine rings is 1. The van der Waals surface area contributed by atoms with Crippen LogP contribution in [-0.2, 0) is 4.74 Å². The molecule has 30 heavy (non-hydrogen) atoms. The quantitative estimate of drug-likeness (QED) is 0.523. The summed E-state index contributed by atoms with van der Waals surface area (Å²) in [6.07, 6.45) is 0.993. The molecule has 5 rings (SSSR count). The Morgan fingerprint density at radius 2 is 2.13 bits per heavy atom. The Hall–Kier alpha value is -3.46. The zero-order chi connectivity index (χ0) is 20.7. The maximum atomic E-state index is 14.8. The van der Waals surface area contributed by atoms with Crippen molar-refractivity contribution in [1.29, 1.82) is 0 Å². The Morgan fingerprint density at radius 3 is 3.00 bits per heavy atom. The standard InChI is InChI=1S/C21H21FN6O2/c1-24-18-5-3-12-2-4-13(9-17(12)27-18)29-10-14-8-16(22)21(30-14)28-7-6-15-19(23)25-11-26-20(15)28/h2-7,9,11,14,16,21H,8,10H2,1H3,(H,24,27)(H2,23,25,26)/t14-,16-,21+/m0/s1. The van der Waals surface area contributed by atoms with Crippen molar-refractivity contribution in [3.63, 3.8) is 0 Å². The first-order chi connectivity index (χ1) is 14.6. The third-order valence-corrected chi connectivity index (χ3v) is 5.30. The molecule has 9 heteroatoms. The lowest BCUT2D eigenvalue weighted by atomic mass is 10.2. The summed E-state index contributed by atoms with van der Waals surface area (Å²) in [5.74, 6) is 1.81. The Bertz CT molecular complexity index is 1210. The molecule has 0 amide bonds. The Balaban J connectivity index is 1.30. The second kappa shape index (κ2) is 7.42. The van der Waals surface area contributed by atoms with Gasteiger partial charge in [0, 0.05) is 31.1 Å². The smallest absolute Gasteiger partial charge is 0.167 e. The van der Waals surface area contributed by atoms with Gasteiger partial charge in [-0.2, -0.15) is 0 Å². The maximum Gasteiger partial charge on any atom is 0.167 e. The molecule has 3 aromatic heterocycles. The number of nitrogen functional groups attached to an aromatic ring is 1. The summed E-state index contributed by atoms with van der Waals surface area (Å²) in [6.45, 7) is 0.241. The average molecular weight is 408 g/mol. The summed E-state index contributed by atoms with van der Waals surface area (Å²) in [6, 6.07) is 11.4. The number of nitrogens with two attached hydrogens (primary N) is 1. The number of nitrogens with zero attached hydrogens (tertiary/aromatic N) is 4. The fourth-order valence-electron chi connectivity index (χ4n) is 3.76. The lowest BCUT2D eigenvalue weighted by Gasteiger charge is -2.17. The van der Waals surface area contributed by atoms with Gasteiger partial charge in [0.05, 0.1) is 17.0 Å². The van der Waals surface area contributed by atoms with Gasteiger partial charge in [0.1, 0.15) is 42.1 Å². The number of ether oxygens (including phenoxy) is 2. The highest BCUT2D eigenvalue weighted by molar-refractivity contribution is 5.86. The van der Waals surface area contributed by atoms with E-state index < -0.39 is 12.4 Å². The van der Waals surface area contributed by atoms with Gasteiger partial charge >= 0.3 is 0 Å². The van der Waals surface area contributed by atoms with Crippen molar-refractivity contribution in [2.24, 2.45) is 0 Å². The van der Waals surface area contributed by atoms with E-state index in [0.29, 0.717) is 22.6 Å². The molecular weight excluding hydrogens is 387 g/mol. The molecule has 1 fully saturated rings. The molecular formula is C21H21FN6O2. The topological polar surface area (TPSA) is 100 Å². The number of nitrogens with one attached hydrogen (secondary N) is 1. The van der Waals surface area contributed by atoms with Crippen LogP contribution in [0.3, 0.4) is 0 Å². The summed E-state index contributed by atoms with van der Waals surface area (Å²) in [7, 11) is 1.82. The second-order valence-corrected chi connectivity index (χ2v) is 7.23. The predicted octanol–water partition coefficient (Wildman–Crippen LogP) is 3.31. The highest BCUT2D eigenvalue weighted by atomic mass is 19.1. The number of halogens is 1. The first kappa shape index (κ1) is 18.6. The SMILES string of the molecule is CNc1ccc2ccc(OC[C@@H]3C[C@H](F)[C@H](n4ccc5c(N)ncnc54)O3)cc2n1. The second-order valence-electron chi connectivity index (χ2n) is 7.23. The van der Waals surface area contributed by atoms with E-state index in [1.54, 1.807) is 16.8 Å². The Kier molecular flexibility index (Phi) is 4.59. The van der Waals surface area contributed by atoms with E-state index in [2.05, 4.69) is 20.3 Å². The van der Waals surface area contributed by atoms with Crippen molar-refractivity contribution >= 4 is 33.6 Å². The number of fused-ring (bicyclic) bond motifs is 2. The van der Waals surface area contributed by atoms with E-state index >= 15 is 0 Å². The zero-order valence-electron chi connectivity index (χ0n) is 16.3. The predicted molar refractivity (Wildman–Crippen MR) is 112 cm³/mol. The number of aromatic nitrogens is 4. The van der Waals surface area contributed by atoms with Crippen molar-refractivity contribution in [2.45, 2.75) is 24.9 Å². The van der Waals surface area contributed by atoms with Crippen LogP contribution in [0.1, 0.15) is 12.6 Å². The minimum absolute atomic E-state index is 0.237. The number of benzene rings is 1. The summed E-state index contributed by atoms with van der Waals surface area (Å²) in [5, 5.41) is 4.72. The van der Waals surface area contributed by atoms with Crippen LogP contribution in [0.5, 0.6) is 5.75 Å². The van der Waals surface area contributed by atoms with Crippen molar-refractivity contribution in [2.75, 3.05) is 24.7 Å². The number of rotatable bonds is 5. The van der Waals surface area contributed by atoms with Crippen LogP contribution in [0.15, 0.2) is 48.9 Å². The van der Waals surface area contributed by atoms with E-state index in [-0.39, 0.29) is 19.1 Å². The van der Waals surface area contributed by atoms with E-state index in [0.717, 1.165) is 16.7 Å².